The second-order valence-corrected chi connectivity index (χ2v) is 7.30. The largest absolute Gasteiger partial charge is 0.375 e. The highest BCUT2D eigenvalue weighted by atomic mass is 16.5. The van der Waals surface area contributed by atoms with Crippen LogP contribution < -0.4 is 10.6 Å². The molecule has 1 aliphatic rings. The van der Waals surface area contributed by atoms with E-state index in [1.54, 1.807) is 12.3 Å². The van der Waals surface area contributed by atoms with Gasteiger partial charge >= 0.3 is 0 Å². The van der Waals surface area contributed by atoms with Crippen molar-refractivity contribution in [1.82, 2.24) is 19.7 Å². The molecule has 3 N–H and O–H groups in total. The minimum atomic E-state index is 0.129. The SMILES string of the molecule is Cc1ccn2c(CC3CNCCO3)c(-c3cnc(N/C=C\C=N)cc3C)nc2c1. The van der Waals surface area contributed by atoms with Crippen LogP contribution in [0.25, 0.3) is 16.9 Å². The maximum Gasteiger partial charge on any atom is 0.137 e. The number of allylic oxidation sites excluding steroid dienone is 1. The van der Waals surface area contributed by atoms with Crippen molar-refractivity contribution in [3.05, 3.63) is 59.7 Å². The van der Waals surface area contributed by atoms with Gasteiger partial charge in [0.05, 0.1) is 24.1 Å². The average molecular weight is 390 g/mol. The van der Waals surface area contributed by atoms with Gasteiger partial charge in [-0.05, 0) is 49.2 Å². The molecule has 1 unspecified atom stereocenters. The van der Waals surface area contributed by atoms with Crippen molar-refractivity contribution in [3.63, 3.8) is 0 Å². The molecule has 3 aromatic rings. The van der Waals surface area contributed by atoms with Crippen molar-refractivity contribution in [2.45, 2.75) is 26.4 Å². The summed E-state index contributed by atoms with van der Waals surface area (Å²) >= 11 is 0. The standard InChI is InChI=1S/C22H26N6O/c1-15-4-8-28-19(12-17-13-24-7-9-29-17)22(27-21(28)10-15)18-14-26-20(11-16(18)2)25-6-3-5-23/h3-6,8,10-11,14,17,23-24H,7,9,12-13H2,1-2H3,(H,25,26)/b6-3-,23-5?. The Morgan fingerprint density at radius 1 is 1.38 bits per heavy atom. The Kier molecular flexibility index (Phi) is 5.69. The van der Waals surface area contributed by atoms with Crippen LogP contribution in [0, 0.1) is 19.3 Å². The van der Waals surface area contributed by atoms with E-state index in [4.69, 9.17) is 15.1 Å². The Hall–Kier alpha value is -3.03. The summed E-state index contributed by atoms with van der Waals surface area (Å²) < 4.78 is 8.13. The molecule has 4 heterocycles. The zero-order chi connectivity index (χ0) is 20.2. The van der Waals surface area contributed by atoms with Gasteiger partial charge < -0.3 is 25.2 Å². The lowest BCUT2D eigenvalue weighted by molar-refractivity contribution is 0.0286. The van der Waals surface area contributed by atoms with Gasteiger partial charge in [0.15, 0.2) is 0 Å². The van der Waals surface area contributed by atoms with E-state index in [2.05, 4.69) is 52.2 Å². The fourth-order valence-corrected chi connectivity index (χ4v) is 3.64. The lowest BCUT2D eigenvalue weighted by Gasteiger charge is -2.24. The topological polar surface area (TPSA) is 87.3 Å². The molecular weight excluding hydrogens is 364 g/mol. The van der Waals surface area contributed by atoms with Gasteiger partial charge in [-0.15, -0.1) is 0 Å². The minimum absolute atomic E-state index is 0.129. The number of hydrogen-bond acceptors (Lipinski definition) is 6. The predicted octanol–water partition coefficient (Wildman–Crippen LogP) is 3.12. The molecule has 0 amide bonds. The summed E-state index contributed by atoms with van der Waals surface area (Å²) in [6, 6.07) is 6.21. The predicted molar refractivity (Wildman–Crippen MR) is 116 cm³/mol. The van der Waals surface area contributed by atoms with Crippen LogP contribution in [0.2, 0.25) is 0 Å². The Balaban J connectivity index is 1.74. The van der Waals surface area contributed by atoms with Crippen LogP contribution in [0.5, 0.6) is 0 Å². The van der Waals surface area contributed by atoms with Gasteiger partial charge in [0, 0.05) is 49.9 Å². The molecule has 0 radical (unpaired) electrons. The molecule has 0 bridgehead atoms. The number of fused-ring (bicyclic) bond motifs is 1. The van der Waals surface area contributed by atoms with E-state index in [1.807, 2.05) is 12.3 Å². The lowest BCUT2D eigenvalue weighted by Crippen LogP contribution is -2.39. The fraction of sp³-hybridized carbons (Fsp3) is 0.318. The van der Waals surface area contributed by atoms with Crippen molar-refractivity contribution < 1.29 is 4.74 Å². The number of anilines is 1. The van der Waals surface area contributed by atoms with E-state index in [9.17, 15) is 0 Å². The number of pyridine rings is 2. The molecule has 0 aliphatic carbocycles. The number of rotatable bonds is 6. The second kappa shape index (κ2) is 8.55. The van der Waals surface area contributed by atoms with Crippen LogP contribution in [0.1, 0.15) is 16.8 Å². The van der Waals surface area contributed by atoms with Gasteiger partial charge in [0.2, 0.25) is 0 Å². The third-order valence-corrected chi connectivity index (χ3v) is 5.10. The van der Waals surface area contributed by atoms with Gasteiger partial charge in [-0.3, -0.25) is 0 Å². The molecule has 150 valence electrons. The van der Waals surface area contributed by atoms with Gasteiger partial charge in [-0.1, -0.05) is 0 Å². The number of nitrogens with one attached hydrogen (secondary N) is 3. The highest BCUT2D eigenvalue weighted by Crippen LogP contribution is 2.29. The molecule has 1 aliphatic heterocycles. The Labute approximate surface area is 170 Å². The second-order valence-electron chi connectivity index (χ2n) is 7.30. The summed E-state index contributed by atoms with van der Waals surface area (Å²) in [6.45, 7) is 6.63. The maximum absolute atomic E-state index is 7.06. The molecule has 1 fully saturated rings. The normalized spacial score (nSPS) is 17.1. The molecule has 29 heavy (non-hydrogen) atoms. The van der Waals surface area contributed by atoms with E-state index >= 15 is 0 Å². The third-order valence-electron chi connectivity index (χ3n) is 5.10. The Bertz CT molecular complexity index is 1050. The number of morpholine rings is 1. The zero-order valence-corrected chi connectivity index (χ0v) is 16.8. The number of imidazole rings is 1. The van der Waals surface area contributed by atoms with E-state index in [-0.39, 0.29) is 6.10 Å². The highest BCUT2D eigenvalue weighted by Gasteiger charge is 2.22. The summed E-state index contributed by atoms with van der Waals surface area (Å²) in [5, 5.41) is 13.5. The number of aromatic nitrogens is 3. The van der Waals surface area contributed by atoms with Crippen LogP contribution in [-0.2, 0) is 11.2 Å². The number of hydrogen-bond donors (Lipinski definition) is 3. The molecule has 4 rings (SSSR count). The summed E-state index contributed by atoms with van der Waals surface area (Å²) in [6.07, 6.45) is 9.41. The maximum atomic E-state index is 7.06. The fourth-order valence-electron chi connectivity index (χ4n) is 3.64. The molecule has 3 aromatic heterocycles. The van der Waals surface area contributed by atoms with Crippen LogP contribution in [-0.4, -0.2) is 46.4 Å². The third kappa shape index (κ3) is 4.21. The van der Waals surface area contributed by atoms with Crippen LogP contribution in [0.3, 0.4) is 0 Å². The van der Waals surface area contributed by atoms with Crippen molar-refractivity contribution >= 4 is 17.7 Å². The number of nitrogens with zero attached hydrogens (tertiary/aromatic N) is 3. The smallest absolute Gasteiger partial charge is 0.137 e. The van der Waals surface area contributed by atoms with Gasteiger partial charge in [-0.25, -0.2) is 9.97 Å². The lowest BCUT2D eigenvalue weighted by atomic mass is 10.0. The monoisotopic (exact) mass is 390 g/mol. The highest BCUT2D eigenvalue weighted by molar-refractivity contribution is 5.71. The van der Waals surface area contributed by atoms with E-state index < -0.39 is 0 Å². The summed E-state index contributed by atoms with van der Waals surface area (Å²) in [7, 11) is 0. The van der Waals surface area contributed by atoms with Gasteiger partial charge in [-0.2, -0.15) is 0 Å². The van der Waals surface area contributed by atoms with Crippen LogP contribution in [0.15, 0.2) is 42.9 Å². The summed E-state index contributed by atoms with van der Waals surface area (Å²) in [5.41, 5.74) is 6.33. The Morgan fingerprint density at radius 2 is 2.28 bits per heavy atom. The number of aryl methyl sites for hydroxylation is 2. The summed E-state index contributed by atoms with van der Waals surface area (Å²) in [4.78, 5) is 9.49. The van der Waals surface area contributed by atoms with Crippen LogP contribution in [0.4, 0.5) is 5.82 Å². The molecule has 0 saturated carbocycles. The summed E-state index contributed by atoms with van der Waals surface area (Å²) in [5.74, 6) is 0.741. The van der Waals surface area contributed by atoms with Crippen molar-refractivity contribution in [1.29, 1.82) is 5.41 Å². The van der Waals surface area contributed by atoms with Crippen molar-refractivity contribution in [2.75, 3.05) is 25.0 Å². The first kappa shape index (κ1) is 19.3. The van der Waals surface area contributed by atoms with Crippen LogP contribution >= 0.6 is 0 Å². The Morgan fingerprint density at radius 3 is 3.03 bits per heavy atom. The van der Waals surface area contributed by atoms with Gasteiger partial charge in [0.1, 0.15) is 11.5 Å². The first-order valence-electron chi connectivity index (χ1n) is 9.85. The van der Waals surface area contributed by atoms with E-state index in [0.717, 1.165) is 60.1 Å². The molecule has 7 heteroatoms. The zero-order valence-electron chi connectivity index (χ0n) is 16.8. The number of ether oxygens (including phenoxy) is 1. The van der Waals surface area contributed by atoms with E-state index in [1.165, 1.54) is 11.8 Å². The first-order chi connectivity index (χ1) is 14.2. The molecular formula is C22H26N6O. The average Bonchev–Trinajstić information content (AvgIpc) is 3.06. The molecule has 1 atom stereocenters. The molecule has 1 saturated heterocycles. The molecule has 0 aromatic carbocycles. The molecule has 7 nitrogen and oxygen atoms in total. The molecule has 0 spiro atoms. The van der Waals surface area contributed by atoms with Gasteiger partial charge in [0.25, 0.3) is 0 Å². The quantitative estimate of drug-likeness (QED) is 0.563. The van der Waals surface area contributed by atoms with E-state index in [0.29, 0.717) is 0 Å². The van der Waals surface area contributed by atoms with Crippen molar-refractivity contribution in [2.24, 2.45) is 0 Å². The minimum Gasteiger partial charge on any atom is -0.375 e. The first-order valence-corrected chi connectivity index (χ1v) is 9.85. The van der Waals surface area contributed by atoms with Crippen molar-refractivity contribution in [3.8, 4) is 11.3 Å².